The predicted molar refractivity (Wildman–Crippen MR) is 83.6 cm³/mol. The summed E-state index contributed by atoms with van der Waals surface area (Å²) in [6.45, 7) is 4.39. The lowest BCUT2D eigenvalue weighted by atomic mass is 10.0. The van der Waals surface area contributed by atoms with Crippen LogP contribution in [-0.4, -0.2) is 23.5 Å². The normalized spacial score (nSPS) is 10.6. The molecule has 2 aromatic carbocycles. The summed E-state index contributed by atoms with van der Waals surface area (Å²) in [6, 6.07) is 11.9. The molecule has 0 saturated carbocycles. The van der Waals surface area contributed by atoms with Gasteiger partial charge in [-0.3, -0.25) is 9.59 Å². The van der Waals surface area contributed by atoms with E-state index >= 15 is 0 Å². The standard InChI is InChI=1S/C17H19NO3/c1-3-18(15(19)10-11-16(20)21)17-12(2)8-9-13-6-4-5-7-14(13)17/h4-9H,3,10-11H2,1-2H3,(H,20,21). The molecule has 0 heterocycles. The average Bonchev–Trinajstić information content (AvgIpc) is 2.48. The Balaban J connectivity index is 2.44. The number of nitrogens with zero attached hydrogens (tertiary/aromatic N) is 1. The fourth-order valence-electron chi connectivity index (χ4n) is 2.53. The Morgan fingerprint density at radius 2 is 1.81 bits per heavy atom. The van der Waals surface area contributed by atoms with Crippen molar-refractivity contribution in [3.63, 3.8) is 0 Å². The number of fused-ring (bicyclic) bond motifs is 1. The maximum absolute atomic E-state index is 12.3. The first-order valence-electron chi connectivity index (χ1n) is 7.05. The Morgan fingerprint density at radius 3 is 2.48 bits per heavy atom. The van der Waals surface area contributed by atoms with Crippen LogP contribution in [0.1, 0.15) is 25.3 Å². The van der Waals surface area contributed by atoms with Gasteiger partial charge in [-0.05, 0) is 24.8 Å². The maximum atomic E-state index is 12.3. The molecule has 0 spiro atoms. The number of anilines is 1. The zero-order chi connectivity index (χ0) is 15.4. The first-order valence-corrected chi connectivity index (χ1v) is 7.05. The minimum absolute atomic E-state index is 0.0197. The number of hydrogen-bond acceptors (Lipinski definition) is 2. The Morgan fingerprint density at radius 1 is 1.10 bits per heavy atom. The molecule has 0 aliphatic carbocycles. The first-order chi connectivity index (χ1) is 10.0. The molecule has 2 rings (SSSR count). The summed E-state index contributed by atoms with van der Waals surface area (Å²) < 4.78 is 0. The number of carboxylic acid groups (broad SMARTS) is 1. The van der Waals surface area contributed by atoms with Crippen LogP contribution in [0.2, 0.25) is 0 Å². The molecule has 4 nitrogen and oxygen atoms in total. The van der Waals surface area contributed by atoms with Gasteiger partial charge in [-0.1, -0.05) is 36.4 Å². The lowest BCUT2D eigenvalue weighted by Crippen LogP contribution is -2.31. The molecule has 0 aliphatic heterocycles. The van der Waals surface area contributed by atoms with E-state index in [1.165, 1.54) is 0 Å². The molecule has 1 N–H and O–H groups in total. The van der Waals surface area contributed by atoms with Gasteiger partial charge in [0.2, 0.25) is 5.91 Å². The minimum atomic E-state index is -0.950. The van der Waals surface area contributed by atoms with Crippen molar-refractivity contribution >= 4 is 28.3 Å². The van der Waals surface area contributed by atoms with Gasteiger partial charge in [0, 0.05) is 18.4 Å². The third-order valence-corrected chi connectivity index (χ3v) is 3.54. The van der Waals surface area contributed by atoms with Crippen LogP contribution < -0.4 is 4.90 Å². The molecule has 1 amide bonds. The van der Waals surface area contributed by atoms with Crippen molar-refractivity contribution in [1.82, 2.24) is 0 Å². The molecule has 0 unspecified atom stereocenters. The van der Waals surface area contributed by atoms with Crippen LogP contribution in [-0.2, 0) is 9.59 Å². The number of carbonyl (C=O) groups is 2. The highest BCUT2D eigenvalue weighted by atomic mass is 16.4. The molecular formula is C17H19NO3. The summed E-state index contributed by atoms with van der Waals surface area (Å²) in [5.41, 5.74) is 1.89. The molecule has 0 aromatic heterocycles. The number of carbonyl (C=O) groups excluding carboxylic acids is 1. The van der Waals surface area contributed by atoms with Crippen molar-refractivity contribution in [3.8, 4) is 0 Å². The topological polar surface area (TPSA) is 57.6 Å². The van der Waals surface area contributed by atoms with Crippen LogP contribution in [0.15, 0.2) is 36.4 Å². The van der Waals surface area contributed by atoms with E-state index < -0.39 is 5.97 Å². The van der Waals surface area contributed by atoms with E-state index in [0.717, 1.165) is 22.0 Å². The second-order valence-corrected chi connectivity index (χ2v) is 4.98. The van der Waals surface area contributed by atoms with Gasteiger partial charge in [0.15, 0.2) is 0 Å². The van der Waals surface area contributed by atoms with Gasteiger partial charge in [0.05, 0.1) is 12.1 Å². The van der Waals surface area contributed by atoms with Crippen molar-refractivity contribution in [2.24, 2.45) is 0 Å². The van der Waals surface area contributed by atoms with Gasteiger partial charge in [0.25, 0.3) is 0 Å². The number of benzene rings is 2. The van der Waals surface area contributed by atoms with Gasteiger partial charge in [-0.25, -0.2) is 0 Å². The fraction of sp³-hybridized carbons (Fsp3) is 0.294. The maximum Gasteiger partial charge on any atom is 0.303 e. The molecule has 2 aromatic rings. The minimum Gasteiger partial charge on any atom is -0.481 e. The number of hydrogen-bond donors (Lipinski definition) is 1. The molecule has 0 fully saturated rings. The highest BCUT2D eigenvalue weighted by Crippen LogP contribution is 2.31. The van der Waals surface area contributed by atoms with E-state index in [1.807, 2.05) is 50.2 Å². The number of rotatable bonds is 5. The van der Waals surface area contributed by atoms with E-state index in [4.69, 9.17) is 5.11 Å². The summed E-state index contributed by atoms with van der Waals surface area (Å²) >= 11 is 0. The third kappa shape index (κ3) is 3.21. The summed E-state index contributed by atoms with van der Waals surface area (Å²) in [7, 11) is 0. The van der Waals surface area contributed by atoms with Crippen LogP contribution in [0, 0.1) is 6.92 Å². The van der Waals surface area contributed by atoms with Gasteiger partial charge < -0.3 is 10.0 Å². The molecular weight excluding hydrogens is 266 g/mol. The van der Waals surface area contributed by atoms with Crippen molar-refractivity contribution in [1.29, 1.82) is 0 Å². The quantitative estimate of drug-likeness (QED) is 0.916. The third-order valence-electron chi connectivity index (χ3n) is 3.54. The van der Waals surface area contributed by atoms with Gasteiger partial charge in [-0.2, -0.15) is 0 Å². The first kappa shape index (κ1) is 15.0. The van der Waals surface area contributed by atoms with Crippen LogP contribution in [0.4, 0.5) is 5.69 Å². The number of aryl methyl sites for hydroxylation is 1. The number of amides is 1. The smallest absolute Gasteiger partial charge is 0.303 e. The zero-order valence-corrected chi connectivity index (χ0v) is 12.3. The van der Waals surface area contributed by atoms with Crippen LogP contribution in [0.25, 0.3) is 10.8 Å². The van der Waals surface area contributed by atoms with E-state index in [-0.39, 0.29) is 18.7 Å². The Kier molecular flexibility index (Phi) is 4.58. The van der Waals surface area contributed by atoms with Crippen molar-refractivity contribution < 1.29 is 14.7 Å². The molecule has 0 radical (unpaired) electrons. The largest absolute Gasteiger partial charge is 0.481 e. The summed E-state index contributed by atoms with van der Waals surface area (Å²) in [5, 5.41) is 10.8. The van der Waals surface area contributed by atoms with Crippen molar-refractivity contribution in [2.45, 2.75) is 26.7 Å². The average molecular weight is 285 g/mol. The predicted octanol–water partition coefficient (Wildman–Crippen LogP) is 3.37. The molecule has 0 saturated heterocycles. The molecule has 0 aliphatic rings. The van der Waals surface area contributed by atoms with E-state index in [0.29, 0.717) is 6.54 Å². The molecule has 110 valence electrons. The Bertz CT molecular complexity index is 679. The highest BCUT2D eigenvalue weighted by molar-refractivity contribution is 6.05. The lowest BCUT2D eigenvalue weighted by molar-refractivity contribution is -0.138. The van der Waals surface area contributed by atoms with Gasteiger partial charge in [-0.15, -0.1) is 0 Å². The summed E-state index contributed by atoms with van der Waals surface area (Å²) in [6.07, 6.45) is -0.120. The van der Waals surface area contributed by atoms with E-state index in [2.05, 4.69) is 0 Å². The number of aliphatic carboxylic acids is 1. The molecule has 21 heavy (non-hydrogen) atoms. The van der Waals surface area contributed by atoms with Gasteiger partial charge >= 0.3 is 5.97 Å². The SMILES string of the molecule is CCN(C(=O)CCC(=O)O)c1c(C)ccc2ccccc12. The van der Waals surface area contributed by atoms with Crippen LogP contribution in [0.3, 0.4) is 0 Å². The van der Waals surface area contributed by atoms with Gasteiger partial charge in [0.1, 0.15) is 0 Å². The second-order valence-electron chi connectivity index (χ2n) is 4.98. The molecule has 0 atom stereocenters. The van der Waals surface area contributed by atoms with Crippen molar-refractivity contribution in [2.75, 3.05) is 11.4 Å². The van der Waals surface area contributed by atoms with E-state index in [9.17, 15) is 9.59 Å². The fourth-order valence-corrected chi connectivity index (χ4v) is 2.53. The monoisotopic (exact) mass is 285 g/mol. The zero-order valence-electron chi connectivity index (χ0n) is 12.3. The molecule has 4 heteroatoms. The Hall–Kier alpha value is -2.36. The summed E-state index contributed by atoms with van der Waals surface area (Å²) in [5.74, 6) is -1.10. The van der Waals surface area contributed by atoms with Crippen molar-refractivity contribution in [3.05, 3.63) is 42.0 Å². The van der Waals surface area contributed by atoms with E-state index in [1.54, 1.807) is 4.90 Å². The second kappa shape index (κ2) is 6.39. The Labute approximate surface area is 124 Å². The van der Waals surface area contributed by atoms with Crippen LogP contribution >= 0.6 is 0 Å². The lowest BCUT2D eigenvalue weighted by Gasteiger charge is -2.24. The highest BCUT2D eigenvalue weighted by Gasteiger charge is 2.19. The molecule has 0 bridgehead atoms. The summed E-state index contributed by atoms with van der Waals surface area (Å²) in [4.78, 5) is 24.7. The van der Waals surface area contributed by atoms with Crippen LogP contribution in [0.5, 0.6) is 0 Å². The number of carboxylic acids is 1.